The van der Waals surface area contributed by atoms with E-state index in [2.05, 4.69) is 10.6 Å². The van der Waals surface area contributed by atoms with Gasteiger partial charge in [0.25, 0.3) is 0 Å². The lowest BCUT2D eigenvalue weighted by molar-refractivity contribution is -0.120. The molecule has 1 aromatic rings. The van der Waals surface area contributed by atoms with Crippen LogP contribution < -0.4 is 10.6 Å². The number of carbonyl (C=O) groups excluding carboxylic acids is 1. The number of amides is 1. The largest absolute Gasteiger partial charge is 0.356 e. The number of hydrogen-bond acceptors (Lipinski definition) is 2. The number of carbonyl (C=O) groups is 1. The summed E-state index contributed by atoms with van der Waals surface area (Å²) in [6, 6.07) is 3.22. The van der Waals surface area contributed by atoms with Crippen LogP contribution in [0.2, 0.25) is 0 Å². The summed E-state index contributed by atoms with van der Waals surface area (Å²) >= 11 is 0. The maximum Gasteiger partial charge on any atom is 0.224 e. The van der Waals surface area contributed by atoms with Crippen molar-refractivity contribution < 1.29 is 13.6 Å². The van der Waals surface area contributed by atoms with E-state index >= 15 is 0 Å². The molecule has 1 amide bonds. The molecule has 0 saturated heterocycles. The van der Waals surface area contributed by atoms with Gasteiger partial charge in [0.1, 0.15) is 11.6 Å². The SMILES string of the molecule is CNCCCNC(=O)Cc1ccc(F)cc1F. The number of hydrogen-bond donors (Lipinski definition) is 2. The van der Waals surface area contributed by atoms with Crippen LogP contribution in [0.15, 0.2) is 18.2 Å². The molecule has 0 saturated carbocycles. The van der Waals surface area contributed by atoms with Crippen molar-refractivity contribution in [3.05, 3.63) is 35.4 Å². The van der Waals surface area contributed by atoms with Crippen LogP contribution >= 0.6 is 0 Å². The number of halogens is 2. The monoisotopic (exact) mass is 242 g/mol. The molecular formula is C12H16F2N2O. The van der Waals surface area contributed by atoms with Gasteiger partial charge in [-0.2, -0.15) is 0 Å². The molecular weight excluding hydrogens is 226 g/mol. The van der Waals surface area contributed by atoms with Gasteiger partial charge in [0.15, 0.2) is 0 Å². The third-order valence-corrected chi connectivity index (χ3v) is 2.29. The Balaban J connectivity index is 2.40. The Morgan fingerprint density at radius 1 is 1.29 bits per heavy atom. The smallest absolute Gasteiger partial charge is 0.224 e. The van der Waals surface area contributed by atoms with Gasteiger partial charge < -0.3 is 10.6 Å². The molecule has 1 aromatic carbocycles. The molecule has 3 nitrogen and oxygen atoms in total. The van der Waals surface area contributed by atoms with Crippen molar-refractivity contribution in [2.75, 3.05) is 20.1 Å². The minimum Gasteiger partial charge on any atom is -0.356 e. The first-order valence-corrected chi connectivity index (χ1v) is 5.48. The molecule has 0 aromatic heterocycles. The topological polar surface area (TPSA) is 41.1 Å². The maximum atomic E-state index is 13.2. The second-order valence-corrected chi connectivity index (χ2v) is 3.72. The van der Waals surface area contributed by atoms with E-state index in [0.717, 1.165) is 25.1 Å². The van der Waals surface area contributed by atoms with Gasteiger partial charge in [-0.05, 0) is 31.6 Å². The van der Waals surface area contributed by atoms with E-state index in [-0.39, 0.29) is 17.9 Å². The number of rotatable bonds is 6. The van der Waals surface area contributed by atoms with E-state index in [9.17, 15) is 13.6 Å². The van der Waals surface area contributed by atoms with Gasteiger partial charge >= 0.3 is 0 Å². The maximum absolute atomic E-state index is 13.2. The predicted molar refractivity (Wildman–Crippen MR) is 61.6 cm³/mol. The van der Waals surface area contributed by atoms with Gasteiger partial charge in [0.05, 0.1) is 6.42 Å². The van der Waals surface area contributed by atoms with Crippen molar-refractivity contribution in [3.63, 3.8) is 0 Å². The summed E-state index contributed by atoms with van der Waals surface area (Å²) in [7, 11) is 1.83. The van der Waals surface area contributed by atoms with Crippen LogP contribution in [0, 0.1) is 11.6 Å². The summed E-state index contributed by atoms with van der Waals surface area (Å²) in [6.07, 6.45) is 0.750. The second kappa shape index (κ2) is 6.96. The standard InChI is InChI=1S/C12H16F2N2O/c1-15-5-2-6-16-12(17)7-9-3-4-10(13)8-11(9)14/h3-4,8,15H,2,5-7H2,1H3,(H,16,17). The molecule has 5 heteroatoms. The molecule has 94 valence electrons. The van der Waals surface area contributed by atoms with E-state index in [0.29, 0.717) is 6.54 Å². The lowest BCUT2D eigenvalue weighted by Gasteiger charge is -2.06. The molecule has 2 N–H and O–H groups in total. The molecule has 0 spiro atoms. The first kappa shape index (κ1) is 13.6. The predicted octanol–water partition coefficient (Wildman–Crippen LogP) is 1.23. The van der Waals surface area contributed by atoms with E-state index in [1.807, 2.05) is 7.05 Å². The van der Waals surface area contributed by atoms with Gasteiger partial charge in [-0.1, -0.05) is 6.07 Å². The molecule has 0 bridgehead atoms. The Morgan fingerprint density at radius 3 is 2.71 bits per heavy atom. The van der Waals surface area contributed by atoms with Crippen molar-refractivity contribution in [3.8, 4) is 0 Å². The number of benzene rings is 1. The van der Waals surface area contributed by atoms with Crippen molar-refractivity contribution in [2.45, 2.75) is 12.8 Å². The van der Waals surface area contributed by atoms with Gasteiger partial charge in [-0.3, -0.25) is 4.79 Å². The van der Waals surface area contributed by atoms with Crippen LogP contribution in [0.3, 0.4) is 0 Å². The molecule has 1 rings (SSSR count). The molecule has 0 aliphatic heterocycles. The molecule has 0 heterocycles. The molecule has 0 aliphatic rings. The molecule has 0 atom stereocenters. The summed E-state index contributed by atoms with van der Waals surface area (Å²) in [4.78, 5) is 11.4. The van der Waals surface area contributed by atoms with Crippen molar-refractivity contribution in [1.82, 2.24) is 10.6 Å². The van der Waals surface area contributed by atoms with Crippen molar-refractivity contribution in [2.24, 2.45) is 0 Å². The summed E-state index contributed by atoms with van der Waals surface area (Å²) in [5.41, 5.74) is 0.206. The van der Waals surface area contributed by atoms with Crippen LogP contribution in [-0.2, 0) is 11.2 Å². The molecule has 0 radical (unpaired) electrons. The minimum atomic E-state index is -0.685. The van der Waals surface area contributed by atoms with Crippen LogP contribution in [-0.4, -0.2) is 26.0 Å². The first-order valence-electron chi connectivity index (χ1n) is 5.48. The van der Waals surface area contributed by atoms with Crippen LogP contribution in [0.5, 0.6) is 0 Å². The zero-order chi connectivity index (χ0) is 12.7. The first-order chi connectivity index (χ1) is 8.13. The fraction of sp³-hybridized carbons (Fsp3) is 0.417. The minimum absolute atomic E-state index is 0.0638. The molecule has 0 aliphatic carbocycles. The Bertz CT molecular complexity index is 383. The van der Waals surface area contributed by atoms with Gasteiger partial charge in [-0.15, -0.1) is 0 Å². The lowest BCUT2D eigenvalue weighted by atomic mass is 10.1. The lowest BCUT2D eigenvalue weighted by Crippen LogP contribution is -2.28. The third kappa shape index (κ3) is 4.91. The van der Waals surface area contributed by atoms with Gasteiger partial charge in [-0.25, -0.2) is 8.78 Å². The zero-order valence-corrected chi connectivity index (χ0v) is 9.72. The van der Waals surface area contributed by atoms with Crippen molar-refractivity contribution >= 4 is 5.91 Å². The summed E-state index contributed by atoms with van der Waals surface area (Å²) in [5.74, 6) is -1.58. The highest BCUT2D eigenvalue weighted by molar-refractivity contribution is 5.78. The van der Waals surface area contributed by atoms with E-state index in [1.165, 1.54) is 6.07 Å². The van der Waals surface area contributed by atoms with Crippen LogP contribution in [0.25, 0.3) is 0 Å². The van der Waals surface area contributed by atoms with E-state index < -0.39 is 11.6 Å². The highest BCUT2D eigenvalue weighted by atomic mass is 19.1. The quantitative estimate of drug-likeness (QED) is 0.737. The Labute approximate surface area is 99.2 Å². The van der Waals surface area contributed by atoms with Gasteiger partial charge in [0, 0.05) is 12.6 Å². The highest BCUT2D eigenvalue weighted by Gasteiger charge is 2.08. The van der Waals surface area contributed by atoms with Gasteiger partial charge in [0.2, 0.25) is 5.91 Å². The summed E-state index contributed by atoms with van der Waals surface area (Å²) < 4.78 is 25.8. The fourth-order valence-corrected chi connectivity index (χ4v) is 1.39. The third-order valence-electron chi connectivity index (χ3n) is 2.29. The highest BCUT2D eigenvalue weighted by Crippen LogP contribution is 2.09. The Hall–Kier alpha value is -1.49. The summed E-state index contributed by atoms with van der Waals surface area (Å²) in [5, 5.41) is 5.62. The van der Waals surface area contributed by atoms with Crippen molar-refractivity contribution in [1.29, 1.82) is 0 Å². The normalized spacial score (nSPS) is 10.3. The second-order valence-electron chi connectivity index (χ2n) is 3.72. The molecule has 0 fully saturated rings. The Morgan fingerprint density at radius 2 is 2.06 bits per heavy atom. The van der Waals surface area contributed by atoms with Crippen LogP contribution in [0.4, 0.5) is 8.78 Å². The molecule has 0 unspecified atom stereocenters. The van der Waals surface area contributed by atoms with E-state index in [1.54, 1.807) is 0 Å². The van der Waals surface area contributed by atoms with E-state index in [4.69, 9.17) is 0 Å². The molecule has 17 heavy (non-hydrogen) atoms. The Kier molecular flexibility index (Phi) is 5.56. The zero-order valence-electron chi connectivity index (χ0n) is 9.72. The average molecular weight is 242 g/mol. The fourth-order valence-electron chi connectivity index (χ4n) is 1.39. The number of nitrogens with one attached hydrogen (secondary N) is 2. The van der Waals surface area contributed by atoms with Crippen LogP contribution in [0.1, 0.15) is 12.0 Å². The summed E-state index contributed by atoms with van der Waals surface area (Å²) in [6.45, 7) is 1.35. The average Bonchev–Trinajstić information content (AvgIpc) is 2.28.